The zero-order valence-electron chi connectivity index (χ0n) is 10.9. The third-order valence-electron chi connectivity index (χ3n) is 2.79. The molecule has 0 bridgehead atoms. The summed E-state index contributed by atoms with van der Waals surface area (Å²) in [6.07, 6.45) is 3.31. The number of anilines is 1. The maximum absolute atomic E-state index is 11.8. The minimum Gasteiger partial charge on any atom is -0.324 e. The predicted octanol–water partition coefficient (Wildman–Crippen LogP) is 3.58. The molecule has 2 aromatic heterocycles. The van der Waals surface area contributed by atoms with Gasteiger partial charge in [0.2, 0.25) is 5.95 Å². The van der Waals surface area contributed by atoms with Crippen LogP contribution in [0.25, 0.3) is 17.1 Å². The van der Waals surface area contributed by atoms with Crippen LogP contribution in [0.3, 0.4) is 0 Å². The minimum atomic E-state index is -0.199. The standard InChI is InChI=1S/C15H13N3OS/c1-10-6-7-11(20-10)8-9-14(19)18-15-16-12-4-2-3-5-13(12)17-15/h2-9H,1H3,(H2,16,17,18,19). The maximum Gasteiger partial charge on any atom is 0.250 e. The molecule has 1 amide bonds. The van der Waals surface area contributed by atoms with E-state index in [1.165, 1.54) is 11.0 Å². The molecular weight excluding hydrogens is 270 g/mol. The van der Waals surface area contributed by atoms with E-state index in [4.69, 9.17) is 0 Å². The number of H-pyrrole nitrogens is 1. The van der Waals surface area contributed by atoms with Gasteiger partial charge in [0, 0.05) is 15.8 Å². The summed E-state index contributed by atoms with van der Waals surface area (Å²) in [5, 5.41) is 2.72. The van der Waals surface area contributed by atoms with E-state index >= 15 is 0 Å². The van der Waals surface area contributed by atoms with Crippen molar-refractivity contribution < 1.29 is 4.79 Å². The summed E-state index contributed by atoms with van der Waals surface area (Å²) in [6.45, 7) is 2.04. The van der Waals surface area contributed by atoms with Gasteiger partial charge in [0.05, 0.1) is 11.0 Å². The third-order valence-corrected chi connectivity index (χ3v) is 3.76. The van der Waals surface area contributed by atoms with E-state index in [0.29, 0.717) is 5.95 Å². The molecule has 0 spiro atoms. The van der Waals surface area contributed by atoms with Crippen LogP contribution in [0.5, 0.6) is 0 Å². The third kappa shape index (κ3) is 2.78. The van der Waals surface area contributed by atoms with Crippen LogP contribution in [-0.4, -0.2) is 15.9 Å². The first-order valence-corrected chi connectivity index (χ1v) is 7.02. The van der Waals surface area contributed by atoms with Gasteiger partial charge in [-0.15, -0.1) is 11.3 Å². The molecule has 0 aliphatic heterocycles. The Morgan fingerprint density at radius 3 is 2.90 bits per heavy atom. The lowest BCUT2D eigenvalue weighted by Crippen LogP contribution is -2.08. The fourth-order valence-electron chi connectivity index (χ4n) is 1.87. The number of hydrogen-bond donors (Lipinski definition) is 2. The number of rotatable bonds is 3. The quantitative estimate of drug-likeness (QED) is 0.722. The number of imidazole rings is 1. The van der Waals surface area contributed by atoms with E-state index < -0.39 is 0 Å². The first-order chi connectivity index (χ1) is 9.70. The number of aromatic amines is 1. The highest BCUT2D eigenvalue weighted by Crippen LogP contribution is 2.17. The Kier molecular flexibility index (Phi) is 3.35. The molecule has 3 rings (SSSR count). The van der Waals surface area contributed by atoms with Gasteiger partial charge in [0.1, 0.15) is 0 Å². The Hall–Kier alpha value is -2.40. The van der Waals surface area contributed by atoms with Crippen molar-refractivity contribution >= 4 is 40.3 Å². The Morgan fingerprint density at radius 2 is 2.15 bits per heavy atom. The minimum absolute atomic E-state index is 0.199. The molecule has 2 heterocycles. The van der Waals surface area contributed by atoms with Crippen LogP contribution in [0, 0.1) is 6.92 Å². The van der Waals surface area contributed by atoms with Gasteiger partial charge in [0.25, 0.3) is 5.91 Å². The van der Waals surface area contributed by atoms with Crippen LogP contribution in [0.15, 0.2) is 42.5 Å². The molecule has 0 radical (unpaired) electrons. The largest absolute Gasteiger partial charge is 0.324 e. The number of fused-ring (bicyclic) bond motifs is 1. The fourth-order valence-corrected chi connectivity index (χ4v) is 2.65. The SMILES string of the molecule is Cc1ccc(C=CC(=O)Nc2nc3ccccc3[nH]2)s1. The molecule has 3 aromatic rings. The highest BCUT2D eigenvalue weighted by molar-refractivity contribution is 7.12. The van der Waals surface area contributed by atoms with Gasteiger partial charge in [-0.25, -0.2) is 4.98 Å². The molecule has 0 fully saturated rings. The molecule has 0 saturated heterocycles. The summed E-state index contributed by atoms with van der Waals surface area (Å²) in [6, 6.07) is 11.7. The van der Waals surface area contributed by atoms with Gasteiger partial charge in [0.15, 0.2) is 0 Å². The lowest BCUT2D eigenvalue weighted by molar-refractivity contribution is -0.111. The van der Waals surface area contributed by atoms with Gasteiger partial charge in [-0.05, 0) is 37.3 Å². The molecule has 5 heteroatoms. The van der Waals surface area contributed by atoms with Crippen molar-refractivity contribution in [2.45, 2.75) is 6.92 Å². The Morgan fingerprint density at radius 1 is 1.30 bits per heavy atom. The molecule has 0 aliphatic rings. The Bertz CT molecular complexity index is 752. The first-order valence-electron chi connectivity index (χ1n) is 6.21. The van der Waals surface area contributed by atoms with Crippen LogP contribution in [0.2, 0.25) is 0 Å². The molecule has 1 aromatic carbocycles. The summed E-state index contributed by atoms with van der Waals surface area (Å²) in [7, 11) is 0. The highest BCUT2D eigenvalue weighted by atomic mass is 32.1. The summed E-state index contributed by atoms with van der Waals surface area (Å²) in [4.78, 5) is 21.4. The van der Waals surface area contributed by atoms with Crippen molar-refractivity contribution in [3.05, 3.63) is 52.2 Å². The number of nitrogens with one attached hydrogen (secondary N) is 2. The Labute approximate surface area is 120 Å². The van der Waals surface area contributed by atoms with E-state index in [9.17, 15) is 4.79 Å². The molecule has 100 valence electrons. The van der Waals surface area contributed by atoms with Crippen LogP contribution in [0.1, 0.15) is 9.75 Å². The van der Waals surface area contributed by atoms with Gasteiger partial charge in [-0.2, -0.15) is 0 Å². The summed E-state index contributed by atoms with van der Waals surface area (Å²) in [5.74, 6) is 0.262. The lowest BCUT2D eigenvalue weighted by Gasteiger charge is -1.95. The molecule has 4 nitrogen and oxygen atoms in total. The predicted molar refractivity (Wildman–Crippen MR) is 82.8 cm³/mol. The molecule has 2 N–H and O–H groups in total. The summed E-state index contributed by atoms with van der Waals surface area (Å²) >= 11 is 1.65. The van der Waals surface area contributed by atoms with Crippen molar-refractivity contribution in [3.63, 3.8) is 0 Å². The molecule has 0 aliphatic carbocycles. The Balaban J connectivity index is 1.70. The van der Waals surface area contributed by atoms with Crippen LogP contribution < -0.4 is 5.32 Å². The van der Waals surface area contributed by atoms with E-state index in [1.54, 1.807) is 17.4 Å². The molecule has 0 saturated carbocycles. The molecular formula is C15H13N3OS. The summed E-state index contributed by atoms with van der Waals surface area (Å²) in [5.41, 5.74) is 1.74. The monoisotopic (exact) mass is 283 g/mol. The van der Waals surface area contributed by atoms with Crippen molar-refractivity contribution in [2.24, 2.45) is 0 Å². The number of thiophene rings is 1. The number of nitrogens with zero attached hydrogens (tertiary/aromatic N) is 1. The molecule has 0 unspecified atom stereocenters. The zero-order valence-corrected chi connectivity index (χ0v) is 11.7. The first kappa shape index (κ1) is 12.6. The second-order valence-electron chi connectivity index (χ2n) is 4.37. The second kappa shape index (κ2) is 5.30. The second-order valence-corrected chi connectivity index (χ2v) is 5.69. The number of aryl methyl sites for hydroxylation is 1. The van der Waals surface area contributed by atoms with Gasteiger partial charge in [-0.3, -0.25) is 10.1 Å². The van der Waals surface area contributed by atoms with Crippen LogP contribution in [0.4, 0.5) is 5.95 Å². The smallest absolute Gasteiger partial charge is 0.250 e. The van der Waals surface area contributed by atoms with Crippen LogP contribution in [-0.2, 0) is 4.79 Å². The highest BCUT2D eigenvalue weighted by Gasteiger charge is 2.04. The number of amides is 1. The van der Waals surface area contributed by atoms with E-state index in [-0.39, 0.29) is 5.91 Å². The average molecular weight is 283 g/mol. The zero-order chi connectivity index (χ0) is 13.9. The summed E-state index contributed by atoms with van der Waals surface area (Å²) < 4.78 is 0. The topological polar surface area (TPSA) is 57.8 Å². The lowest BCUT2D eigenvalue weighted by atomic mass is 10.3. The van der Waals surface area contributed by atoms with Crippen molar-refractivity contribution in [3.8, 4) is 0 Å². The van der Waals surface area contributed by atoms with Gasteiger partial charge >= 0.3 is 0 Å². The fraction of sp³-hybridized carbons (Fsp3) is 0.0667. The number of carbonyl (C=O) groups excluding carboxylic acids is 1. The molecule has 20 heavy (non-hydrogen) atoms. The number of hydrogen-bond acceptors (Lipinski definition) is 3. The van der Waals surface area contributed by atoms with E-state index in [1.807, 2.05) is 43.3 Å². The number of para-hydroxylation sites is 2. The van der Waals surface area contributed by atoms with Crippen LogP contribution >= 0.6 is 11.3 Å². The van der Waals surface area contributed by atoms with Crippen molar-refractivity contribution in [1.29, 1.82) is 0 Å². The normalized spacial score (nSPS) is 11.2. The average Bonchev–Trinajstić information content (AvgIpc) is 3.01. The van der Waals surface area contributed by atoms with Gasteiger partial charge in [-0.1, -0.05) is 12.1 Å². The van der Waals surface area contributed by atoms with E-state index in [2.05, 4.69) is 15.3 Å². The van der Waals surface area contributed by atoms with E-state index in [0.717, 1.165) is 15.9 Å². The number of aromatic nitrogens is 2. The van der Waals surface area contributed by atoms with Crippen molar-refractivity contribution in [2.75, 3.05) is 5.32 Å². The van der Waals surface area contributed by atoms with Crippen molar-refractivity contribution in [1.82, 2.24) is 9.97 Å². The number of carbonyl (C=O) groups is 1. The molecule has 0 atom stereocenters. The maximum atomic E-state index is 11.8. The number of benzene rings is 1. The van der Waals surface area contributed by atoms with Gasteiger partial charge < -0.3 is 4.98 Å².